The zero-order chi connectivity index (χ0) is 32.9. The summed E-state index contributed by atoms with van der Waals surface area (Å²) in [5.41, 5.74) is -0.640. The summed E-state index contributed by atoms with van der Waals surface area (Å²) in [5, 5.41) is 81.2. The Morgan fingerprint density at radius 2 is 1.57 bits per heavy atom. The first kappa shape index (κ1) is 33.2. The standard InChI is InChI=1S/C30H38O16/c1-12-19(34)21(36)23(38)28(42-12)44-25-15-8-9-40-27(45-29-24(39)22(37)20(35)16(10-31)43-29)18(15)30(26(25)46-30)11-41-17(33)7-4-13-2-5-14(32)6-3-13/h2-9,12,15-16,18-29,31-32,34-39H,10-11H2,1H3/t12?,15?,16?,18?,19?,20?,21?,22?,23?,24?,25-,26-,27-,28?,29?,30+/m0/s1. The summed E-state index contributed by atoms with van der Waals surface area (Å²) >= 11 is 0. The molecule has 1 aliphatic carbocycles. The zero-order valence-electron chi connectivity index (χ0n) is 24.5. The van der Waals surface area contributed by atoms with E-state index < -0.39 is 110 Å². The molecular weight excluding hydrogens is 616 g/mol. The van der Waals surface area contributed by atoms with E-state index in [1.54, 1.807) is 18.2 Å². The maximum atomic E-state index is 12.7. The molecule has 1 saturated carbocycles. The van der Waals surface area contributed by atoms with E-state index in [1.165, 1.54) is 37.5 Å². The minimum Gasteiger partial charge on any atom is -0.508 e. The second kappa shape index (κ2) is 13.1. The molecular formula is C30H38O16. The molecule has 4 heterocycles. The largest absolute Gasteiger partial charge is 0.508 e. The molecule has 5 aliphatic rings. The lowest BCUT2D eigenvalue weighted by Gasteiger charge is -2.44. The molecule has 46 heavy (non-hydrogen) atoms. The van der Waals surface area contributed by atoms with Crippen LogP contribution in [0, 0.1) is 11.8 Å². The molecule has 4 aliphatic heterocycles. The van der Waals surface area contributed by atoms with Crippen molar-refractivity contribution in [2.24, 2.45) is 11.8 Å². The minimum atomic E-state index is -1.73. The van der Waals surface area contributed by atoms with Gasteiger partial charge in [-0.3, -0.25) is 0 Å². The Hall–Kier alpha value is -2.71. The Bertz CT molecular complexity index is 1290. The van der Waals surface area contributed by atoms with Crippen molar-refractivity contribution >= 4 is 12.0 Å². The summed E-state index contributed by atoms with van der Waals surface area (Å²) in [7, 11) is 0. The van der Waals surface area contributed by atoms with Gasteiger partial charge in [-0.1, -0.05) is 12.1 Å². The molecule has 4 fully saturated rings. The van der Waals surface area contributed by atoms with Gasteiger partial charge in [0.25, 0.3) is 0 Å². The van der Waals surface area contributed by atoms with Crippen molar-refractivity contribution < 1.29 is 78.8 Å². The molecule has 1 aromatic carbocycles. The van der Waals surface area contributed by atoms with Crippen molar-refractivity contribution in [2.75, 3.05) is 13.2 Å². The van der Waals surface area contributed by atoms with Gasteiger partial charge in [-0.15, -0.1) is 0 Å². The molecule has 0 spiro atoms. The zero-order valence-corrected chi connectivity index (χ0v) is 24.5. The summed E-state index contributed by atoms with van der Waals surface area (Å²) in [6.07, 6.45) is -11.8. The van der Waals surface area contributed by atoms with Gasteiger partial charge in [0, 0.05) is 12.0 Å². The van der Waals surface area contributed by atoms with Crippen molar-refractivity contribution in [1.82, 2.24) is 0 Å². The van der Waals surface area contributed by atoms with Crippen LogP contribution in [0.2, 0.25) is 0 Å². The number of epoxide rings is 1. The first-order chi connectivity index (χ1) is 21.9. The maximum absolute atomic E-state index is 12.7. The molecule has 0 aromatic heterocycles. The number of carbonyl (C=O) groups excluding carboxylic acids is 1. The Morgan fingerprint density at radius 3 is 2.26 bits per heavy atom. The topological polar surface area (TPSA) is 247 Å². The van der Waals surface area contributed by atoms with Crippen LogP contribution < -0.4 is 0 Å². The molecule has 16 heteroatoms. The Labute approximate surface area is 262 Å². The summed E-state index contributed by atoms with van der Waals surface area (Å²) in [5.74, 6) is -2.04. The number of hydrogen-bond acceptors (Lipinski definition) is 16. The van der Waals surface area contributed by atoms with Crippen molar-refractivity contribution in [2.45, 2.75) is 92.4 Å². The molecule has 16 atom stereocenters. The van der Waals surface area contributed by atoms with Crippen LogP contribution in [-0.4, -0.2) is 146 Å². The maximum Gasteiger partial charge on any atom is 0.330 e. The lowest BCUT2D eigenvalue weighted by Crippen LogP contribution is -2.60. The fourth-order valence-corrected chi connectivity index (χ4v) is 6.55. The summed E-state index contributed by atoms with van der Waals surface area (Å²) in [6, 6.07) is 6.13. The molecule has 254 valence electrons. The monoisotopic (exact) mass is 654 g/mol. The number of fused-ring (bicyclic) bond motifs is 3. The third kappa shape index (κ3) is 6.05. The van der Waals surface area contributed by atoms with E-state index in [9.17, 15) is 45.6 Å². The lowest BCUT2D eigenvalue weighted by molar-refractivity contribution is -0.347. The van der Waals surface area contributed by atoms with Gasteiger partial charge in [0.2, 0.25) is 6.29 Å². The summed E-state index contributed by atoms with van der Waals surface area (Å²) < 4.78 is 40.7. The average Bonchev–Trinajstić information content (AvgIpc) is 3.72. The van der Waals surface area contributed by atoms with Crippen molar-refractivity contribution in [3.05, 3.63) is 48.2 Å². The van der Waals surface area contributed by atoms with E-state index in [4.69, 9.17) is 33.2 Å². The minimum absolute atomic E-state index is 0.0684. The van der Waals surface area contributed by atoms with Gasteiger partial charge >= 0.3 is 5.97 Å². The van der Waals surface area contributed by atoms with Gasteiger partial charge in [0.1, 0.15) is 66.8 Å². The van der Waals surface area contributed by atoms with Gasteiger partial charge in [-0.2, -0.15) is 0 Å². The molecule has 3 saturated heterocycles. The molecule has 0 amide bonds. The molecule has 1 aromatic rings. The van der Waals surface area contributed by atoms with E-state index in [0.29, 0.717) is 5.56 Å². The van der Waals surface area contributed by atoms with E-state index in [-0.39, 0.29) is 12.4 Å². The van der Waals surface area contributed by atoms with Crippen LogP contribution in [0.5, 0.6) is 5.75 Å². The normalized spacial score (nSPS) is 46.4. The number of aliphatic hydroxyl groups is 7. The second-order valence-electron chi connectivity index (χ2n) is 12.1. The molecule has 0 bridgehead atoms. The number of carbonyl (C=O) groups is 1. The number of phenols is 1. The average molecular weight is 655 g/mol. The Balaban J connectivity index is 1.22. The summed E-state index contributed by atoms with van der Waals surface area (Å²) in [4.78, 5) is 12.7. The van der Waals surface area contributed by atoms with Crippen molar-refractivity contribution in [1.29, 1.82) is 0 Å². The lowest BCUT2D eigenvalue weighted by atomic mass is 9.85. The first-order valence-electron chi connectivity index (χ1n) is 14.9. The van der Waals surface area contributed by atoms with E-state index in [2.05, 4.69) is 0 Å². The van der Waals surface area contributed by atoms with Crippen LogP contribution in [-0.2, 0) is 38.0 Å². The second-order valence-corrected chi connectivity index (χ2v) is 12.1. The number of benzene rings is 1. The molecule has 16 nitrogen and oxygen atoms in total. The SMILES string of the molecule is CC1OC(O[C@H]2C3C=CO[C@@H](OC4OC(CO)C(O)C(O)C4O)C3[C@@]3(COC(=O)C=Cc4ccc(O)cc4)O[C@@H]23)C(O)C(O)C1O. The van der Waals surface area contributed by atoms with Gasteiger partial charge in [-0.25, -0.2) is 4.79 Å². The van der Waals surface area contributed by atoms with E-state index in [1.807, 2.05) is 0 Å². The van der Waals surface area contributed by atoms with E-state index >= 15 is 0 Å². The number of aliphatic hydroxyl groups excluding tert-OH is 7. The van der Waals surface area contributed by atoms with Crippen LogP contribution in [0.3, 0.4) is 0 Å². The molecule has 12 unspecified atom stereocenters. The van der Waals surface area contributed by atoms with Crippen LogP contribution in [0.4, 0.5) is 0 Å². The predicted octanol–water partition coefficient (Wildman–Crippen LogP) is -2.77. The van der Waals surface area contributed by atoms with E-state index in [0.717, 1.165) is 0 Å². The van der Waals surface area contributed by atoms with Gasteiger partial charge < -0.3 is 74.0 Å². The quantitative estimate of drug-likeness (QED) is 0.0763. The third-order valence-corrected chi connectivity index (χ3v) is 9.20. The van der Waals surface area contributed by atoms with Crippen LogP contribution in [0.1, 0.15) is 12.5 Å². The third-order valence-electron chi connectivity index (χ3n) is 9.20. The highest BCUT2D eigenvalue weighted by Gasteiger charge is 2.77. The number of esters is 1. The fourth-order valence-electron chi connectivity index (χ4n) is 6.55. The fraction of sp³-hybridized carbons (Fsp3) is 0.633. The summed E-state index contributed by atoms with van der Waals surface area (Å²) in [6.45, 7) is 0.522. The smallest absolute Gasteiger partial charge is 0.330 e. The van der Waals surface area contributed by atoms with Crippen molar-refractivity contribution in [3.8, 4) is 5.75 Å². The number of ether oxygens (including phenoxy) is 7. The van der Waals surface area contributed by atoms with Crippen molar-refractivity contribution in [3.63, 3.8) is 0 Å². The predicted molar refractivity (Wildman–Crippen MR) is 149 cm³/mol. The molecule has 0 radical (unpaired) electrons. The van der Waals surface area contributed by atoms with Crippen LogP contribution >= 0.6 is 0 Å². The number of hydrogen-bond donors (Lipinski definition) is 8. The van der Waals surface area contributed by atoms with Crippen LogP contribution in [0.25, 0.3) is 6.08 Å². The van der Waals surface area contributed by atoms with Crippen LogP contribution in [0.15, 0.2) is 42.7 Å². The highest BCUT2D eigenvalue weighted by atomic mass is 16.8. The number of rotatable bonds is 9. The van der Waals surface area contributed by atoms with Gasteiger partial charge in [-0.05, 0) is 36.8 Å². The highest BCUT2D eigenvalue weighted by Crippen LogP contribution is 2.61. The van der Waals surface area contributed by atoms with Gasteiger partial charge in [0.15, 0.2) is 12.6 Å². The molecule has 6 rings (SSSR count). The Morgan fingerprint density at radius 1 is 0.891 bits per heavy atom. The number of aromatic hydroxyl groups is 1. The van der Waals surface area contributed by atoms with Gasteiger partial charge in [0.05, 0.1) is 31.0 Å². The Kier molecular flexibility index (Phi) is 9.43. The number of phenolic OH excluding ortho intramolecular Hbond substituents is 1. The highest BCUT2D eigenvalue weighted by molar-refractivity contribution is 5.87. The first-order valence-corrected chi connectivity index (χ1v) is 14.9. The molecule has 8 N–H and O–H groups in total.